The molecule has 3 atom stereocenters. The number of hydrogen-bond donors (Lipinski definition) is 0. The van der Waals surface area contributed by atoms with E-state index in [-0.39, 0.29) is 17.6 Å². The summed E-state index contributed by atoms with van der Waals surface area (Å²) in [6.07, 6.45) is 0.0135. The number of benzene rings is 2. The standard InChI is InChI=1S/C19H23Cl2N2O/c1-14(18-19(21)23(13-20)11-9-22(18)10-12-23)24-17-8-4-6-15-5-2-3-7-16(15)17/h2-8,14,18-19H,9-13H2,1H3/q+1/t14-,18?,19-/m1/s1. The first-order chi connectivity index (χ1) is 11.6. The van der Waals surface area contributed by atoms with Crippen molar-refractivity contribution in [1.29, 1.82) is 0 Å². The van der Waals surface area contributed by atoms with Crippen LogP contribution in [0, 0.1) is 0 Å². The number of hydrogen-bond acceptors (Lipinski definition) is 2. The lowest BCUT2D eigenvalue weighted by Gasteiger charge is -2.57. The van der Waals surface area contributed by atoms with Gasteiger partial charge in [0.15, 0.2) is 11.5 Å². The summed E-state index contributed by atoms with van der Waals surface area (Å²) in [5.41, 5.74) is -0.0185. The number of piperazine rings is 3. The van der Waals surface area contributed by atoms with Gasteiger partial charge in [-0.1, -0.05) is 59.6 Å². The fourth-order valence-corrected chi connectivity index (χ4v) is 5.28. The van der Waals surface area contributed by atoms with Gasteiger partial charge in [-0.15, -0.1) is 0 Å². The van der Waals surface area contributed by atoms with Crippen molar-refractivity contribution in [2.24, 2.45) is 0 Å². The molecule has 3 saturated heterocycles. The highest BCUT2D eigenvalue weighted by Crippen LogP contribution is 2.36. The highest BCUT2D eigenvalue weighted by atomic mass is 35.5. The van der Waals surface area contributed by atoms with Crippen molar-refractivity contribution in [3.05, 3.63) is 42.5 Å². The van der Waals surface area contributed by atoms with Gasteiger partial charge in [0.2, 0.25) is 0 Å². The van der Waals surface area contributed by atoms with Crippen LogP contribution in [-0.2, 0) is 0 Å². The molecule has 2 aromatic rings. The van der Waals surface area contributed by atoms with E-state index >= 15 is 0 Å². The fourth-order valence-electron chi connectivity index (χ4n) is 4.20. The Morgan fingerprint density at radius 3 is 2.62 bits per heavy atom. The van der Waals surface area contributed by atoms with Crippen LogP contribution in [0.25, 0.3) is 10.8 Å². The van der Waals surface area contributed by atoms with Crippen LogP contribution >= 0.6 is 23.2 Å². The molecule has 3 aliphatic heterocycles. The topological polar surface area (TPSA) is 12.5 Å². The minimum Gasteiger partial charge on any atom is -0.488 e. The molecule has 0 radical (unpaired) electrons. The minimum atomic E-state index is -0.0185. The van der Waals surface area contributed by atoms with Crippen LogP contribution < -0.4 is 4.74 Å². The number of rotatable bonds is 4. The summed E-state index contributed by atoms with van der Waals surface area (Å²) in [5.74, 6) is 0.930. The van der Waals surface area contributed by atoms with E-state index in [0.717, 1.165) is 41.8 Å². The van der Waals surface area contributed by atoms with Crippen molar-refractivity contribution in [2.75, 3.05) is 32.2 Å². The molecule has 5 rings (SSSR count). The lowest BCUT2D eigenvalue weighted by atomic mass is 10.00. The maximum absolute atomic E-state index is 6.88. The summed E-state index contributed by atoms with van der Waals surface area (Å²) in [5, 5.41) is 2.35. The molecular weight excluding hydrogens is 343 g/mol. The number of ether oxygens (including phenoxy) is 1. The molecule has 3 fully saturated rings. The summed E-state index contributed by atoms with van der Waals surface area (Å²) in [6, 6.07) is 15.3. The molecule has 3 nitrogen and oxygen atoms in total. The van der Waals surface area contributed by atoms with Gasteiger partial charge in [0, 0.05) is 18.5 Å². The molecule has 0 amide bonds. The Morgan fingerprint density at radius 1 is 1.17 bits per heavy atom. The largest absolute Gasteiger partial charge is 0.488 e. The molecule has 0 aliphatic carbocycles. The number of halogens is 2. The molecule has 3 heterocycles. The van der Waals surface area contributed by atoms with Crippen molar-refractivity contribution in [3.63, 3.8) is 0 Å². The van der Waals surface area contributed by atoms with Gasteiger partial charge in [-0.05, 0) is 18.4 Å². The number of nitrogens with zero attached hydrogens (tertiary/aromatic N) is 2. The van der Waals surface area contributed by atoms with Crippen LogP contribution in [-0.4, -0.2) is 59.2 Å². The predicted octanol–water partition coefficient (Wildman–Crippen LogP) is 3.88. The summed E-state index contributed by atoms with van der Waals surface area (Å²) in [4.78, 5) is 2.47. The van der Waals surface area contributed by atoms with Crippen LogP contribution in [0.4, 0.5) is 0 Å². The Bertz CT molecular complexity index is 725. The van der Waals surface area contributed by atoms with Gasteiger partial charge in [0.25, 0.3) is 0 Å². The Balaban J connectivity index is 1.61. The third-order valence-electron chi connectivity index (χ3n) is 5.67. The van der Waals surface area contributed by atoms with E-state index in [1.54, 1.807) is 0 Å². The second-order valence-electron chi connectivity index (χ2n) is 6.98. The Labute approximate surface area is 153 Å². The van der Waals surface area contributed by atoms with Gasteiger partial charge in [0.1, 0.15) is 17.9 Å². The molecule has 2 bridgehead atoms. The van der Waals surface area contributed by atoms with Crippen molar-refractivity contribution in [3.8, 4) is 5.75 Å². The zero-order valence-electron chi connectivity index (χ0n) is 13.9. The molecular formula is C19H23Cl2N2O+. The van der Waals surface area contributed by atoms with Crippen molar-refractivity contribution in [1.82, 2.24) is 4.90 Å². The first kappa shape index (κ1) is 16.5. The molecule has 1 unspecified atom stereocenters. The average Bonchev–Trinajstić information content (AvgIpc) is 2.63. The van der Waals surface area contributed by atoms with Crippen LogP contribution in [0.2, 0.25) is 0 Å². The quantitative estimate of drug-likeness (QED) is 0.463. The van der Waals surface area contributed by atoms with E-state index in [2.05, 4.69) is 42.2 Å². The monoisotopic (exact) mass is 365 g/mol. The average molecular weight is 366 g/mol. The number of quaternary nitrogens is 1. The van der Waals surface area contributed by atoms with Crippen LogP contribution in [0.5, 0.6) is 5.75 Å². The van der Waals surface area contributed by atoms with Crippen molar-refractivity contribution < 1.29 is 9.22 Å². The van der Waals surface area contributed by atoms with Gasteiger partial charge < -0.3 is 4.74 Å². The normalized spacial score (nSPS) is 33.5. The Morgan fingerprint density at radius 2 is 1.88 bits per heavy atom. The Kier molecular flexibility index (Phi) is 4.38. The van der Waals surface area contributed by atoms with Gasteiger partial charge in [0.05, 0.1) is 13.1 Å². The van der Waals surface area contributed by atoms with E-state index in [9.17, 15) is 0 Å². The second kappa shape index (κ2) is 6.38. The molecule has 24 heavy (non-hydrogen) atoms. The van der Waals surface area contributed by atoms with Crippen molar-refractivity contribution >= 4 is 34.0 Å². The van der Waals surface area contributed by atoms with Crippen LogP contribution in [0.1, 0.15) is 6.92 Å². The predicted molar refractivity (Wildman–Crippen MR) is 99.8 cm³/mol. The summed E-state index contributed by atoms with van der Waals surface area (Å²) < 4.78 is 7.20. The summed E-state index contributed by atoms with van der Waals surface area (Å²) in [6.45, 7) is 6.30. The van der Waals surface area contributed by atoms with Crippen LogP contribution in [0.15, 0.2) is 42.5 Å². The summed E-state index contributed by atoms with van der Waals surface area (Å²) >= 11 is 13.2. The first-order valence-electron chi connectivity index (χ1n) is 8.59. The SMILES string of the molecule is C[C@@H](Oc1cccc2ccccc12)C1[C@H](Cl)[N+]2(CCl)CCN1CC2. The fraction of sp³-hybridized carbons (Fsp3) is 0.474. The number of fused-ring (bicyclic) bond motifs is 4. The van der Waals surface area contributed by atoms with Gasteiger partial charge in [-0.3, -0.25) is 9.38 Å². The lowest BCUT2D eigenvalue weighted by molar-refractivity contribution is -0.946. The minimum absolute atomic E-state index is 0.0135. The third-order valence-corrected chi connectivity index (χ3v) is 6.82. The highest BCUT2D eigenvalue weighted by molar-refractivity contribution is 6.21. The molecule has 0 saturated carbocycles. The van der Waals surface area contributed by atoms with E-state index in [4.69, 9.17) is 27.9 Å². The van der Waals surface area contributed by atoms with Crippen LogP contribution in [0.3, 0.4) is 0 Å². The molecule has 0 N–H and O–H groups in total. The zero-order valence-corrected chi connectivity index (χ0v) is 15.4. The maximum atomic E-state index is 6.88. The second-order valence-corrected chi connectivity index (χ2v) is 7.67. The lowest BCUT2D eigenvalue weighted by Crippen LogP contribution is -2.76. The maximum Gasteiger partial charge on any atom is 0.185 e. The first-order valence-corrected chi connectivity index (χ1v) is 9.56. The van der Waals surface area contributed by atoms with E-state index in [1.165, 1.54) is 5.39 Å². The molecule has 5 heteroatoms. The van der Waals surface area contributed by atoms with Gasteiger partial charge >= 0.3 is 0 Å². The zero-order chi connectivity index (χ0) is 16.7. The van der Waals surface area contributed by atoms with Crippen molar-refractivity contribution in [2.45, 2.75) is 24.6 Å². The third kappa shape index (κ3) is 2.59. The van der Waals surface area contributed by atoms with Gasteiger partial charge in [-0.2, -0.15) is 0 Å². The highest BCUT2D eigenvalue weighted by Gasteiger charge is 2.53. The molecule has 128 valence electrons. The smallest absolute Gasteiger partial charge is 0.185 e. The van der Waals surface area contributed by atoms with Gasteiger partial charge in [-0.25, -0.2) is 0 Å². The number of alkyl halides is 2. The van der Waals surface area contributed by atoms with E-state index in [0.29, 0.717) is 6.00 Å². The van der Waals surface area contributed by atoms with E-state index in [1.807, 2.05) is 12.1 Å². The molecule has 3 aliphatic rings. The molecule has 2 aromatic carbocycles. The summed E-state index contributed by atoms with van der Waals surface area (Å²) in [7, 11) is 0. The Hall–Kier alpha value is -1.00. The van der Waals surface area contributed by atoms with E-state index < -0.39 is 0 Å². The molecule has 0 spiro atoms. The molecule has 0 aromatic heterocycles.